The number of hydrogen-bond acceptors (Lipinski definition) is 3. The summed E-state index contributed by atoms with van der Waals surface area (Å²) in [6.45, 7) is 2.01. The van der Waals surface area contributed by atoms with Crippen molar-refractivity contribution >= 4 is 17.3 Å². The smallest absolute Gasteiger partial charge is 0.162 e. The fraction of sp³-hybridized carbons (Fsp3) is 0.455. The molecule has 0 bridgehead atoms. The van der Waals surface area contributed by atoms with Crippen molar-refractivity contribution < 1.29 is 9.47 Å². The second-order valence-corrected chi connectivity index (χ2v) is 3.55. The molecule has 0 aliphatic carbocycles. The lowest BCUT2D eigenvalue weighted by Gasteiger charge is -2.20. The predicted molar refractivity (Wildman–Crippen MR) is 63.4 cm³/mol. The van der Waals surface area contributed by atoms with Crippen LogP contribution in [0.15, 0.2) is 12.1 Å². The molecule has 0 heterocycles. The summed E-state index contributed by atoms with van der Waals surface area (Å²) in [5.41, 5.74) is 2.15. The molecule has 0 N–H and O–H groups in total. The lowest BCUT2D eigenvalue weighted by atomic mass is 10.1. The number of ether oxygens (including phenoxy) is 2. The number of nitrogens with zero attached hydrogens (tertiary/aromatic N) is 1. The van der Waals surface area contributed by atoms with Crippen molar-refractivity contribution in [3.05, 3.63) is 17.7 Å². The van der Waals surface area contributed by atoms with Crippen LogP contribution < -0.4 is 14.4 Å². The highest BCUT2D eigenvalue weighted by Crippen LogP contribution is 2.34. The van der Waals surface area contributed by atoms with Crippen LogP contribution in [0, 0.1) is 6.92 Å². The molecule has 1 aromatic carbocycles. The van der Waals surface area contributed by atoms with Crippen LogP contribution in [0.1, 0.15) is 5.56 Å². The number of halogens is 1. The molecular formula is C11H16ClNO2. The molecule has 0 fully saturated rings. The quantitative estimate of drug-likeness (QED) is 0.585. The van der Waals surface area contributed by atoms with Gasteiger partial charge in [-0.05, 0) is 18.6 Å². The molecule has 0 radical (unpaired) electrons. The Morgan fingerprint density at radius 2 is 1.73 bits per heavy atom. The molecule has 0 aliphatic rings. The van der Waals surface area contributed by atoms with Crippen LogP contribution in [0.4, 0.5) is 5.69 Å². The molecule has 0 saturated carbocycles. The lowest BCUT2D eigenvalue weighted by Crippen LogP contribution is -2.15. The summed E-state index contributed by atoms with van der Waals surface area (Å²) in [5.74, 6) is 1.46. The Morgan fingerprint density at radius 3 is 2.20 bits per heavy atom. The number of alkyl halides is 1. The molecule has 0 spiro atoms. The van der Waals surface area contributed by atoms with E-state index in [4.69, 9.17) is 21.1 Å². The molecule has 0 aliphatic heterocycles. The fourth-order valence-corrected chi connectivity index (χ4v) is 1.57. The van der Waals surface area contributed by atoms with Gasteiger partial charge in [0.05, 0.1) is 20.2 Å². The van der Waals surface area contributed by atoms with Gasteiger partial charge in [-0.1, -0.05) is 0 Å². The van der Waals surface area contributed by atoms with Crippen LogP contribution in [0.2, 0.25) is 0 Å². The molecule has 4 heteroatoms. The van der Waals surface area contributed by atoms with E-state index in [-0.39, 0.29) is 0 Å². The molecule has 1 rings (SSSR count). The van der Waals surface area contributed by atoms with E-state index in [1.54, 1.807) is 14.2 Å². The Labute approximate surface area is 95.5 Å². The molecule has 0 unspecified atom stereocenters. The summed E-state index contributed by atoms with van der Waals surface area (Å²) < 4.78 is 10.4. The number of methoxy groups -OCH3 is 2. The van der Waals surface area contributed by atoms with Crippen molar-refractivity contribution in [2.24, 2.45) is 0 Å². The fourth-order valence-electron chi connectivity index (χ4n) is 1.45. The maximum absolute atomic E-state index is 5.78. The van der Waals surface area contributed by atoms with Crippen molar-refractivity contribution in [2.75, 3.05) is 32.2 Å². The Balaban J connectivity index is 3.19. The van der Waals surface area contributed by atoms with Gasteiger partial charge in [0.25, 0.3) is 0 Å². The first-order valence-corrected chi connectivity index (χ1v) is 5.17. The predicted octanol–water partition coefficient (Wildman–Crippen LogP) is 2.64. The Hall–Kier alpha value is -1.09. The second kappa shape index (κ2) is 5.12. The van der Waals surface area contributed by atoms with E-state index in [9.17, 15) is 0 Å². The summed E-state index contributed by atoms with van der Waals surface area (Å²) in [7, 11) is 5.18. The van der Waals surface area contributed by atoms with Crippen molar-refractivity contribution in [3.63, 3.8) is 0 Å². The second-order valence-electron chi connectivity index (χ2n) is 3.31. The lowest BCUT2D eigenvalue weighted by molar-refractivity contribution is 0.355. The van der Waals surface area contributed by atoms with E-state index in [1.165, 1.54) is 0 Å². The summed E-state index contributed by atoms with van der Waals surface area (Å²) >= 11 is 5.78. The highest BCUT2D eigenvalue weighted by atomic mass is 35.5. The van der Waals surface area contributed by atoms with E-state index < -0.39 is 0 Å². The molecule has 1 aromatic rings. The van der Waals surface area contributed by atoms with Gasteiger partial charge in [0.15, 0.2) is 11.5 Å². The third kappa shape index (κ3) is 2.48. The first-order valence-electron chi connectivity index (χ1n) is 4.63. The molecule has 0 saturated heterocycles. The Kier molecular flexibility index (Phi) is 4.09. The molecule has 0 atom stereocenters. The number of benzene rings is 1. The van der Waals surface area contributed by atoms with Gasteiger partial charge in [0, 0.05) is 18.8 Å². The van der Waals surface area contributed by atoms with Gasteiger partial charge in [-0.15, -0.1) is 11.6 Å². The average Bonchev–Trinajstić information content (AvgIpc) is 2.27. The maximum atomic E-state index is 5.78. The standard InChI is InChI=1S/C11H16ClNO2/c1-8-5-10(14-3)11(15-4)6-9(8)13(2)7-12/h5-6H,7H2,1-4H3. The highest BCUT2D eigenvalue weighted by molar-refractivity contribution is 6.19. The normalized spacial score (nSPS) is 9.93. The maximum Gasteiger partial charge on any atom is 0.162 e. The van der Waals surface area contributed by atoms with Gasteiger partial charge < -0.3 is 14.4 Å². The molecule has 84 valence electrons. The van der Waals surface area contributed by atoms with Gasteiger partial charge >= 0.3 is 0 Å². The van der Waals surface area contributed by atoms with Crippen LogP contribution in [0.5, 0.6) is 11.5 Å². The van der Waals surface area contributed by atoms with Crippen molar-refractivity contribution in [1.29, 1.82) is 0 Å². The number of hydrogen-bond donors (Lipinski definition) is 0. The first-order chi connectivity index (χ1) is 7.13. The molecule has 0 amide bonds. The van der Waals surface area contributed by atoms with Gasteiger partial charge in [-0.3, -0.25) is 0 Å². The van der Waals surface area contributed by atoms with Crippen molar-refractivity contribution in [1.82, 2.24) is 0 Å². The van der Waals surface area contributed by atoms with Crippen LogP contribution in [-0.4, -0.2) is 27.3 Å². The zero-order valence-corrected chi connectivity index (χ0v) is 10.3. The van der Waals surface area contributed by atoms with Crippen LogP contribution in [0.3, 0.4) is 0 Å². The topological polar surface area (TPSA) is 21.7 Å². The van der Waals surface area contributed by atoms with E-state index in [0.29, 0.717) is 6.00 Å². The summed E-state index contributed by atoms with van der Waals surface area (Å²) in [4.78, 5) is 1.94. The van der Waals surface area contributed by atoms with Crippen LogP contribution in [0.25, 0.3) is 0 Å². The largest absolute Gasteiger partial charge is 0.493 e. The summed E-state index contributed by atoms with van der Waals surface area (Å²) in [6.07, 6.45) is 0. The monoisotopic (exact) mass is 229 g/mol. The van der Waals surface area contributed by atoms with Gasteiger partial charge in [0.1, 0.15) is 0 Å². The van der Waals surface area contributed by atoms with Crippen molar-refractivity contribution in [2.45, 2.75) is 6.92 Å². The Bertz CT molecular complexity index is 342. The van der Waals surface area contributed by atoms with Crippen LogP contribution in [-0.2, 0) is 0 Å². The number of rotatable bonds is 4. The Morgan fingerprint density at radius 1 is 1.20 bits per heavy atom. The zero-order valence-electron chi connectivity index (χ0n) is 9.50. The minimum Gasteiger partial charge on any atom is -0.493 e. The molecule has 15 heavy (non-hydrogen) atoms. The minimum absolute atomic E-state index is 0.441. The third-order valence-electron chi connectivity index (χ3n) is 2.29. The molecular weight excluding hydrogens is 214 g/mol. The molecule has 0 aromatic heterocycles. The number of anilines is 1. The third-order valence-corrected chi connectivity index (χ3v) is 2.65. The van der Waals surface area contributed by atoms with Crippen LogP contribution >= 0.6 is 11.6 Å². The average molecular weight is 230 g/mol. The van der Waals surface area contributed by atoms with Crippen molar-refractivity contribution in [3.8, 4) is 11.5 Å². The first kappa shape index (κ1) is 12.0. The molecule has 3 nitrogen and oxygen atoms in total. The van der Waals surface area contributed by atoms with E-state index in [0.717, 1.165) is 22.7 Å². The van der Waals surface area contributed by atoms with Gasteiger partial charge in [-0.25, -0.2) is 0 Å². The van der Waals surface area contributed by atoms with Gasteiger partial charge in [-0.2, -0.15) is 0 Å². The SMILES string of the molecule is COc1cc(C)c(N(C)CCl)cc1OC. The summed E-state index contributed by atoms with van der Waals surface area (Å²) in [5, 5.41) is 0. The minimum atomic E-state index is 0.441. The van der Waals surface area contributed by atoms with Gasteiger partial charge in [0.2, 0.25) is 0 Å². The highest BCUT2D eigenvalue weighted by Gasteiger charge is 2.10. The van der Waals surface area contributed by atoms with E-state index in [2.05, 4.69) is 0 Å². The summed E-state index contributed by atoms with van der Waals surface area (Å²) in [6, 6.07) is 4.31. The zero-order chi connectivity index (χ0) is 11.4. The number of aryl methyl sites for hydroxylation is 1. The van der Waals surface area contributed by atoms with E-state index >= 15 is 0 Å². The van der Waals surface area contributed by atoms with E-state index in [1.807, 2.05) is 31.0 Å².